The number of nitrogens with one attached hydrogen (secondary N) is 2. The molecule has 11 heteroatoms. The second-order valence-corrected chi connectivity index (χ2v) is 8.60. The molecule has 0 fully saturated rings. The first-order chi connectivity index (χ1) is 17.2. The number of halogens is 1. The van der Waals surface area contributed by atoms with Gasteiger partial charge in [-0.1, -0.05) is 13.8 Å². The molecule has 2 amide bonds. The van der Waals surface area contributed by atoms with Crippen LogP contribution in [0.25, 0.3) is 16.7 Å². The van der Waals surface area contributed by atoms with E-state index in [0.717, 1.165) is 11.1 Å². The zero-order valence-electron chi connectivity index (χ0n) is 20.2. The summed E-state index contributed by atoms with van der Waals surface area (Å²) in [6, 6.07) is 9.74. The number of fused-ring (bicyclic) bond motifs is 3. The molecule has 1 unspecified atom stereocenters. The summed E-state index contributed by atoms with van der Waals surface area (Å²) in [5.74, 6) is -1.23. The van der Waals surface area contributed by atoms with Gasteiger partial charge in [-0.05, 0) is 62.2 Å². The van der Waals surface area contributed by atoms with Crippen molar-refractivity contribution in [2.24, 2.45) is 0 Å². The topological polar surface area (TPSA) is 120 Å². The number of hydrogen-bond donors (Lipinski definition) is 2. The van der Waals surface area contributed by atoms with Crippen molar-refractivity contribution in [3.05, 3.63) is 74.7 Å². The van der Waals surface area contributed by atoms with Crippen LogP contribution < -0.4 is 21.9 Å². The van der Waals surface area contributed by atoms with Crippen LogP contribution in [0.1, 0.15) is 44.0 Å². The van der Waals surface area contributed by atoms with Gasteiger partial charge in [0.2, 0.25) is 11.7 Å². The number of amides is 2. The normalized spacial score (nSPS) is 12.1. The molecule has 188 valence electrons. The maximum absolute atomic E-state index is 13.4. The molecule has 0 aliphatic rings. The van der Waals surface area contributed by atoms with E-state index in [-0.39, 0.29) is 34.2 Å². The molecule has 10 nitrogen and oxygen atoms in total. The van der Waals surface area contributed by atoms with Gasteiger partial charge in [0.1, 0.15) is 12.4 Å². The van der Waals surface area contributed by atoms with E-state index in [1.165, 1.54) is 45.4 Å². The van der Waals surface area contributed by atoms with Gasteiger partial charge in [-0.25, -0.2) is 18.3 Å². The van der Waals surface area contributed by atoms with Gasteiger partial charge in [-0.3, -0.25) is 19.0 Å². The van der Waals surface area contributed by atoms with Crippen molar-refractivity contribution in [1.82, 2.24) is 24.1 Å². The van der Waals surface area contributed by atoms with Gasteiger partial charge in [0.15, 0.2) is 0 Å². The molecule has 0 saturated carbocycles. The van der Waals surface area contributed by atoms with Crippen LogP contribution in [0, 0.1) is 5.82 Å². The summed E-state index contributed by atoms with van der Waals surface area (Å²) >= 11 is 0. The number of hydrogen-bond acceptors (Lipinski definition) is 5. The summed E-state index contributed by atoms with van der Waals surface area (Å²) in [5.41, 5.74) is -0.0851. The minimum absolute atomic E-state index is 0.0455. The highest BCUT2D eigenvalue weighted by molar-refractivity contribution is 5.98. The molecule has 4 aromatic rings. The summed E-state index contributed by atoms with van der Waals surface area (Å²) in [6.45, 7) is 5.61. The largest absolute Gasteiger partial charge is 0.352 e. The molecule has 0 radical (unpaired) electrons. The number of carbonyl (C=O) groups excluding carboxylic acids is 2. The van der Waals surface area contributed by atoms with Crippen molar-refractivity contribution in [2.45, 2.75) is 52.7 Å². The van der Waals surface area contributed by atoms with Crippen molar-refractivity contribution in [2.75, 3.05) is 5.32 Å². The van der Waals surface area contributed by atoms with Gasteiger partial charge < -0.3 is 10.6 Å². The number of anilines is 1. The van der Waals surface area contributed by atoms with Crippen molar-refractivity contribution in [3.63, 3.8) is 0 Å². The molecule has 0 bridgehead atoms. The zero-order chi connectivity index (χ0) is 26.0. The minimum Gasteiger partial charge on any atom is -0.350 e. The molecule has 36 heavy (non-hydrogen) atoms. The first-order valence-corrected chi connectivity index (χ1v) is 11.8. The van der Waals surface area contributed by atoms with E-state index in [0.29, 0.717) is 24.2 Å². The minimum atomic E-state index is -0.631. The second kappa shape index (κ2) is 10.1. The van der Waals surface area contributed by atoms with E-state index in [4.69, 9.17) is 0 Å². The third-order valence-electron chi connectivity index (χ3n) is 5.90. The average Bonchev–Trinajstić information content (AvgIpc) is 3.18. The molecule has 0 aliphatic carbocycles. The van der Waals surface area contributed by atoms with Gasteiger partial charge in [-0.2, -0.15) is 0 Å². The van der Waals surface area contributed by atoms with E-state index in [1.807, 2.05) is 20.8 Å². The Hall–Kier alpha value is -4.28. The van der Waals surface area contributed by atoms with E-state index in [2.05, 4.69) is 15.7 Å². The monoisotopic (exact) mass is 494 g/mol. The fourth-order valence-corrected chi connectivity index (χ4v) is 3.86. The number of benzene rings is 2. The standard InChI is InChI=1S/C25H27FN6O4/c1-4-12-30-23(35)19-11-6-16(22(34)27-15(3)5-2)13-20(19)32-24(30)29-31(25(32)36)14-21(33)28-18-9-7-17(26)8-10-18/h6-11,13,15H,4-5,12,14H2,1-3H3,(H,27,34)(H,28,33). The summed E-state index contributed by atoms with van der Waals surface area (Å²) in [6.07, 6.45) is 1.36. The number of nitrogens with zero attached hydrogens (tertiary/aromatic N) is 4. The van der Waals surface area contributed by atoms with Crippen LogP contribution in [-0.2, 0) is 17.9 Å². The van der Waals surface area contributed by atoms with Gasteiger partial charge >= 0.3 is 5.69 Å². The van der Waals surface area contributed by atoms with Gasteiger partial charge in [0.05, 0.1) is 10.9 Å². The molecule has 1 atom stereocenters. The van der Waals surface area contributed by atoms with Gasteiger partial charge in [0, 0.05) is 23.8 Å². The molecule has 2 aromatic carbocycles. The van der Waals surface area contributed by atoms with Crippen LogP contribution in [0.5, 0.6) is 0 Å². The zero-order valence-corrected chi connectivity index (χ0v) is 20.2. The molecular formula is C25H27FN6O4. The lowest BCUT2D eigenvalue weighted by atomic mass is 10.1. The molecule has 2 N–H and O–H groups in total. The Morgan fingerprint density at radius 1 is 1.08 bits per heavy atom. The fourth-order valence-electron chi connectivity index (χ4n) is 3.86. The number of rotatable bonds is 8. The molecule has 4 rings (SSSR count). The lowest BCUT2D eigenvalue weighted by Gasteiger charge is -2.13. The Labute approximate surface area is 205 Å². The second-order valence-electron chi connectivity index (χ2n) is 8.60. The van der Waals surface area contributed by atoms with E-state index < -0.39 is 24.0 Å². The van der Waals surface area contributed by atoms with E-state index in [1.54, 1.807) is 6.07 Å². The lowest BCUT2D eigenvalue weighted by molar-refractivity contribution is -0.117. The fraction of sp³-hybridized carbons (Fsp3) is 0.320. The Bertz CT molecular complexity index is 1570. The summed E-state index contributed by atoms with van der Waals surface area (Å²) < 4.78 is 16.7. The van der Waals surface area contributed by atoms with Crippen LogP contribution in [0.4, 0.5) is 10.1 Å². The lowest BCUT2D eigenvalue weighted by Crippen LogP contribution is -2.32. The predicted octanol–water partition coefficient (Wildman–Crippen LogP) is 2.53. The first kappa shape index (κ1) is 24.8. The van der Waals surface area contributed by atoms with E-state index in [9.17, 15) is 23.6 Å². The average molecular weight is 495 g/mol. The molecule has 0 spiro atoms. The smallest absolute Gasteiger partial charge is 0.350 e. The number of carbonyl (C=O) groups is 2. The molecular weight excluding hydrogens is 467 g/mol. The Morgan fingerprint density at radius 2 is 1.81 bits per heavy atom. The summed E-state index contributed by atoms with van der Waals surface area (Å²) in [7, 11) is 0. The highest BCUT2D eigenvalue weighted by Crippen LogP contribution is 2.15. The van der Waals surface area contributed by atoms with Crippen molar-refractivity contribution in [3.8, 4) is 0 Å². The highest BCUT2D eigenvalue weighted by Gasteiger charge is 2.20. The first-order valence-electron chi connectivity index (χ1n) is 11.8. The third-order valence-corrected chi connectivity index (χ3v) is 5.90. The molecule has 0 saturated heterocycles. The van der Waals surface area contributed by atoms with Crippen LogP contribution in [0.2, 0.25) is 0 Å². The molecule has 2 heterocycles. The molecule has 2 aromatic heterocycles. The van der Waals surface area contributed by atoms with Crippen LogP contribution in [-0.4, -0.2) is 36.6 Å². The SMILES string of the molecule is CCCn1c(=O)c2ccc(C(=O)NC(C)CC)cc2n2c(=O)n(CC(=O)Nc3ccc(F)cc3)nc12. The van der Waals surface area contributed by atoms with Gasteiger partial charge in [-0.15, -0.1) is 5.10 Å². The highest BCUT2D eigenvalue weighted by atomic mass is 19.1. The third kappa shape index (κ3) is 4.77. The maximum atomic E-state index is 13.4. The van der Waals surface area contributed by atoms with Crippen LogP contribution in [0.3, 0.4) is 0 Å². The predicted molar refractivity (Wildman–Crippen MR) is 134 cm³/mol. The summed E-state index contributed by atoms with van der Waals surface area (Å²) in [5, 5.41) is 10.00. The maximum Gasteiger partial charge on any atom is 0.352 e. The Balaban J connectivity index is 1.81. The molecule has 0 aliphatic heterocycles. The van der Waals surface area contributed by atoms with Gasteiger partial charge in [0.25, 0.3) is 11.5 Å². The van der Waals surface area contributed by atoms with E-state index >= 15 is 0 Å². The van der Waals surface area contributed by atoms with Crippen LogP contribution in [0.15, 0.2) is 52.1 Å². The summed E-state index contributed by atoms with van der Waals surface area (Å²) in [4.78, 5) is 51.9. The van der Waals surface area contributed by atoms with Crippen molar-refractivity contribution in [1.29, 1.82) is 0 Å². The van der Waals surface area contributed by atoms with Crippen molar-refractivity contribution >= 4 is 34.2 Å². The quantitative estimate of drug-likeness (QED) is 0.390. The Morgan fingerprint density at radius 3 is 2.47 bits per heavy atom. The number of aryl methyl sites for hydroxylation is 1. The number of aromatic nitrogens is 4. The van der Waals surface area contributed by atoms with Crippen molar-refractivity contribution < 1.29 is 14.0 Å². The Kier molecular flexibility index (Phi) is 7.00. The van der Waals surface area contributed by atoms with Crippen LogP contribution >= 0.6 is 0 Å².